The predicted molar refractivity (Wildman–Crippen MR) is 169 cm³/mol. The van der Waals surface area contributed by atoms with E-state index in [1.807, 2.05) is 36.4 Å². The van der Waals surface area contributed by atoms with Crippen LogP contribution in [0.1, 0.15) is 47.2 Å². The second kappa shape index (κ2) is 12.2. The molecule has 4 aromatic rings. The van der Waals surface area contributed by atoms with E-state index in [0.29, 0.717) is 29.0 Å². The van der Waals surface area contributed by atoms with E-state index in [0.717, 1.165) is 61.1 Å². The number of likely N-dealkylation sites (tertiary alicyclic amines) is 2. The number of hydrogen-bond acceptors (Lipinski definition) is 7. The van der Waals surface area contributed by atoms with E-state index in [1.54, 1.807) is 36.4 Å². The quantitative estimate of drug-likeness (QED) is 0.288. The lowest BCUT2D eigenvalue weighted by Gasteiger charge is -2.29. The van der Waals surface area contributed by atoms with Gasteiger partial charge >= 0.3 is 0 Å². The Balaban J connectivity index is 1.34. The van der Waals surface area contributed by atoms with Gasteiger partial charge in [-0.2, -0.15) is 5.26 Å². The van der Waals surface area contributed by atoms with Crippen LogP contribution in [0.3, 0.4) is 0 Å². The third kappa shape index (κ3) is 6.41. The van der Waals surface area contributed by atoms with Gasteiger partial charge in [-0.3, -0.25) is 4.79 Å². The summed E-state index contributed by atoms with van der Waals surface area (Å²) < 4.78 is 23.7. The molecule has 0 saturated carbocycles. The summed E-state index contributed by atoms with van der Waals surface area (Å²) >= 11 is 0. The number of pyridine rings is 1. The number of carbonyl (C=O) groups excluding carboxylic acids is 1. The molecule has 3 aromatic carbocycles. The Hall–Kier alpha value is -4.26. The first-order valence-corrected chi connectivity index (χ1v) is 16.7. The summed E-state index contributed by atoms with van der Waals surface area (Å²) in [5.74, 6) is 0.607. The fraction of sp³-hybridized carbons (Fsp3) is 0.324. The second-order valence-electron chi connectivity index (χ2n) is 11.5. The number of sulfone groups is 1. The van der Waals surface area contributed by atoms with E-state index in [-0.39, 0.29) is 16.8 Å². The number of benzene rings is 3. The topological polar surface area (TPSA) is 106 Å². The maximum atomic E-state index is 14.3. The molecule has 1 amide bonds. The molecule has 8 nitrogen and oxygen atoms in total. The lowest BCUT2D eigenvalue weighted by atomic mass is 9.99. The third-order valence-electron chi connectivity index (χ3n) is 8.52. The molecule has 2 saturated heterocycles. The van der Waals surface area contributed by atoms with Gasteiger partial charge in [-0.25, -0.2) is 13.4 Å². The van der Waals surface area contributed by atoms with Gasteiger partial charge in [-0.05, 0) is 97.9 Å². The average Bonchev–Trinajstić information content (AvgIpc) is 3.71. The van der Waals surface area contributed by atoms with Crippen molar-refractivity contribution in [1.82, 2.24) is 14.8 Å². The Morgan fingerprint density at radius 2 is 1.67 bits per heavy atom. The van der Waals surface area contributed by atoms with Gasteiger partial charge in [0.25, 0.3) is 5.91 Å². The second-order valence-corrected chi connectivity index (χ2v) is 13.6. The van der Waals surface area contributed by atoms with E-state index < -0.39 is 9.84 Å². The van der Waals surface area contributed by atoms with Crippen molar-refractivity contribution in [2.24, 2.45) is 0 Å². The predicted octanol–water partition coefficient (Wildman–Crippen LogP) is 5.49. The van der Waals surface area contributed by atoms with Crippen molar-refractivity contribution in [3.63, 3.8) is 0 Å². The molecule has 2 fully saturated rings. The number of aromatic nitrogens is 1. The fourth-order valence-corrected chi connectivity index (χ4v) is 6.80. The lowest BCUT2D eigenvalue weighted by Crippen LogP contribution is -2.42. The van der Waals surface area contributed by atoms with Crippen molar-refractivity contribution in [1.29, 1.82) is 5.26 Å². The van der Waals surface area contributed by atoms with E-state index in [2.05, 4.69) is 21.2 Å². The van der Waals surface area contributed by atoms with Crippen LogP contribution < -0.4 is 5.32 Å². The van der Waals surface area contributed by atoms with Crippen LogP contribution in [0.2, 0.25) is 0 Å². The molecular formula is C34H35N5O3S. The minimum Gasteiger partial charge on any atom is -0.366 e. The molecule has 43 heavy (non-hydrogen) atoms. The first kappa shape index (κ1) is 28.8. The van der Waals surface area contributed by atoms with Crippen molar-refractivity contribution < 1.29 is 13.2 Å². The van der Waals surface area contributed by atoms with Crippen molar-refractivity contribution in [2.75, 3.05) is 37.8 Å². The number of amides is 1. The number of nitriles is 1. The van der Waals surface area contributed by atoms with Crippen LogP contribution in [0.15, 0.2) is 77.7 Å². The highest BCUT2D eigenvalue weighted by atomic mass is 32.2. The Morgan fingerprint density at radius 3 is 2.37 bits per heavy atom. The molecule has 1 atom stereocenters. The molecule has 2 aliphatic heterocycles. The van der Waals surface area contributed by atoms with Crippen LogP contribution in [0, 0.1) is 11.3 Å². The summed E-state index contributed by atoms with van der Waals surface area (Å²) in [4.78, 5) is 24.0. The van der Waals surface area contributed by atoms with E-state index in [9.17, 15) is 18.5 Å². The zero-order valence-corrected chi connectivity index (χ0v) is 25.1. The van der Waals surface area contributed by atoms with Gasteiger partial charge in [-0.1, -0.05) is 30.3 Å². The Bertz CT molecular complexity index is 1790. The van der Waals surface area contributed by atoms with Crippen LogP contribution in [-0.4, -0.2) is 67.6 Å². The molecule has 1 N–H and O–H groups in total. The molecule has 2 aliphatic rings. The van der Waals surface area contributed by atoms with Crippen molar-refractivity contribution >= 4 is 32.5 Å². The molecule has 6 rings (SSSR count). The van der Waals surface area contributed by atoms with Crippen LogP contribution >= 0.6 is 0 Å². The van der Waals surface area contributed by atoms with Gasteiger partial charge in [0.1, 0.15) is 5.82 Å². The largest absolute Gasteiger partial charge is 0.366 e. The Labute approximate surface area is 252 Å². The normalized spacial score (nSPS) is 17.3. The van der Waals surface area contributed by atoms with Crippen LogP contribution in [0.25, 0.3) is 22.0 Å². The van der Waals surface area contributed by atoms with E-state index in [4.69, 9.17) is 4.98 Å². The Morgan fingerprint density at radius 1 is 0.953 bits per heavy atom. The molecule has 9 heteroatoms. The first-order valence-electron chi connectivity index (χ1n) is 14.8. The van der Waals surface area contributed by atoms with Gasteiger partial charge < -0.3 is 15.1 Å². The number of hydrogen-bond donors (Lipinski definition) is 1. The van der Waals surface area contributed by atoms with Crippen molar-refractivity contribution in [3.05, 3.63) is 89.5 Å². The molecule has 0 spiro atoms. The summed E-state index contributed by atoms with van der Waals surface area (Å²) in [6.07, 6.45) is 5.65. The van der Waals surface area contributed by atoms with Crippen molar-refractivity contribution in [2.45, 2.75) is 43.2 Å². The smallest absolute Gasteiger partial charge is 0.254 e. The number of anilines is 1. The first-order chi connectivity index (χ1) is 20.8. The highest BCUT2D eigenvalue weighted by Gasteiger charge is 2.32. The average molecular weight is 594 g/mol. The molecule has 0 aliphatic carbocycles. The molecular weight excluding hydrogens is 558 g/mol. The number of nitrogens with zero attached hydrogens (tertiary/aromatic N) is 4. The summed E-state index contributed by atoms with van der Waals surface area (Å²) in [7, 11) is -3.27. The summed E-state index contributed by atoms with van der Waals surface area (Å²) in [5.41, 5.74) is 4.75. The van der Waals surface area contributed by atoms with Crippen molar-refractivity contribution in [3.8, 4) is 17.2 Å². The summed E-state index contributed by atoms with van der Waals surface area (Å²) in [5, 5.41) is 13.4. The van der Waals surface area contributed by atoms with Crippen LogP contribution in [0.5, 0.6) is 0 Å². The minimum atomic E-state index is -3.27. The van der Waals surface area contributed by atoms with E-state index in [1.165, 1.54) is 19.1 Å². The molecule has 1 aromatic heterocycles. The summed E-state index contributed by atoms with van der Waals surface area (Å²) in [6, 6.07) is 24.4. The van der Waals surface area contributed by atoms with Gasteiger partial charge in [0.15, 0.2) is 9.84 Å². The van der Waals surface area contributed by atoms with Gasteiger partial charge in [-0.15, -0.1) is 0 Å². The molecule has 0 unspecified atom stereocenters. The van der Waals surface area contributed by atoms with Gasteiger partial charge in [0, 0.05) is 37.3 Å². The van der Waals surface area contributed by atoms with Gasteiger partial charge in [0.2, 0.25) is 0 Å². The maximum Gasteiger partial charge on any atom is 0.254 e. The van der Waals surface area contributed by atoms with Crippen LogP contribution in [-0.2, 0) is 16.4 Å². The summed E-state index contributed by atoms with van der Waals surface area (Å²) in [6.45, 7) is 4.29. The van der Waals surface area contributed by atoms with E-state index >= 15 is 0 Å². The minimum absolute atomic E-state index is 0.0200. The molecule has 3 heterocycles. The number of nitrogens with one attached hydrogen (secondary N) is 1. The Kier molecular flexibility index (Phi) is 8.15. The zero-order chi connectivity index (χ0) is 30.0. The molecule has 0 radical (unpaired) electrons. The standard InChI is InChI=1S/C34H35N5O3S/c1-43(41,42)29-13-8-25(9-14-29)22-36-33-20-31(34(40)39-18-4-5-28(39)23-38-16-2-3-17-38)30-19-27(12-15-32(30)37-33)26-10-6-24(21-35)7-11-26/h6-15,19-20,28H,2-5,16-18,22-23H2,1H3,(H,36,37)/t28-/m0/s1. The highest BCUT2D eigenvalue weighted by Crippen LogP contribution is 2.31. The molecule has 220 valence electrons. The number of rotatable bonds is 8. The monoisotopic (exact) mass is 593 g/mol. The third-order valence-corrected chi connectivity index (χ3v) is 9.65. The number of fused-ring (bicyclic) bond motifs is 1. The molecule has 0 bridgehead atoms. The van der Waals surface area contributed by atoms with Gasteiger partial charge in [0.05, 0.1) is 27.6 Å². The highest BCUT2D eigenvalue weighted by molar-refractivity contribution is 7.90. The maximum absolute atomic E-state index is 14.3. The fourth-order valence-electron chi connectivity index (χ4n) is 6.17. The SMILES string of the molecule is CS(=O)(=O)c1ccc(CNc2cc(C(=O)N3CCC[C@H]3CN3CCCC3)c3cc(-c4ccc(C#N)cc4)ccc3n2)cc1. The zero-order valence-electron chi connectivity index (χ0n) is 24.3. The van der Waals surface area contributed by atoms with Crippen LogP contribution in [0.4, 0.5) is 5.82 Å². The number of carbonyl (C=O) groups is 1. The lowest BCUT2D eigenvalue weighted by molar-refractivity contribution is 0.0710.